The molecule has 0 amide bonds. The molecule has 0 aromatic heterocycles. The molecule has 1 unspecified atom stereocenters. The monoisotopic (exact) mass is 354 g/mol. The van der Waals surface area contributed by atoms with Crippen molar-refractivity contribution < 1.29 is 12.8 Å². The molecule has 8 heteroatoms. The van der Waals surface area contributed by atoms with E-state index in [0.29, 0.717) is 4.47 Å². The second-order valence-corrected chi connectivity index (χ2v) is 6.89. The van der Waals surface area contributed by atoms with Gasteiger partial charge in [0.1, 0.15) is 10.7 Å². The number of hydrogen-bond acceptors (Lipinski definition) is 3. The Hall–Kier alpha value is -0.570. The van der Waals surface area contributed by atoms with E-state index in [1.54, 1.807) is 6.92 Å². The van der Waals surface area contributed by atoms with Crippen LogP contribution in [-0.2, 0) is 10.0 Å². The molecule has 0 bridgehead atoms. The van der Waals surface area contributed by atoms with Crippen LogP contribution in [0.4, 0.5) is 4.39 Å². The minimum Gasteiger partial charge on any atom is -0.393 e. The van der Waals surface area contributed by atoms with Crippen molar-refractivity contribution in [3.63, 3.8) is 0 Å². The number of hydrogen-bond donors (Lipinski definition) is 2. The quantitative estimate of drug-likeness (QED) is 0.792. The van der Waals surface area contributed by atoms with Gasteiger partial charge < -0.3 is 5.73 Å². The highest BCUT2D eigenvalue weighted by atomic mass is 79.9. The Bertz CT molecular complexity index is 563. The van der Waals surface area contributed by atoms with E-state index in [1.807, 2.05) is 0 Å². The average molecular weight is 355 g/mol. The molecule has 0 spiro atoms. The molecular formula is C10H12BrFN2O2S2. The fourth-order valence-corrected chi connectivity index (χ4v) is 3.25. The van der Waals surface area contributed by atoms with E-state index >= 15 is 0 Å². The highest BCUT2D eigenvalue weighted by Gasteiger charge is 2.21. The van der Waals surface area contributed by atoms with Gasteiger partial charge in [0.2, 0.25) is 10.0 Å². The molecule has 0 aliphatic heterocycles. The van der Waals surface area contributed by atoms with Crippen molar-refractivity contribution in [1.29, 1.82) is 0 Å². The SMILES string of the molecule is CC(CC(N)=S)NS(=O)(=O)c1ccc(Br)cc1F. The lowest BCUT2D eigenvalue weighted by molar-refractivity contribution is 0.545. The van der Waals surface area contributed by atoms with Crippen LogP contribution < -0.4 is 10.5 Å². The lowest BCUT2D eigenvalue weighted by atomic mass is 10.3. The van der Waals surface area contributed by atoms with Crippen LogP contribution in [0.1, 0.15) is 13.3 Å². The first-order valence-electron chi connectivity index (χ1n) is 4.98. The molecule has 100 valence electrons. The molecule has 1 aromatic carbocycles. The Labute approximate surface area is 119 Å². The molecule has 0 saturated carbocycles. The molecular weight excluding hydrogens is 343 g/mol. The summed E-state index contributed by atoms with van der Waals surface area (Å²) in [6, 6.07) is 3.24. The predicted octanol–water partition coefficient (Wildman–Crippen LogP) is 1.93. The lowest BCUT2D eigenvalue weighted by Gasteiger charge is -2.13. The van der Waals surface area contributed by atoms with Crippen LogP contribution >= 0.6 is 28.1 Å². The van der Waals surface area contributed by atoms with Crippen LogP contribution in [0, 0.1) is 5.82 Å². The molecule has 1 atom stereocenters. The number of sulfonamides is 1. The Balaban J connectivity index is 2.96. The molecule has 18 heavy (non-hydrogen) atoms. The Kier molecular flexibility index (Phi) is 5.20. The zero-order valence-electron chi connectivity index (χ0n) is 9.48. The highest BCUT2D eigenvalue weighted by Crippen LogP contribution is 2.19. The van der Waals surface area contributed by atoms with Gasteiger partial charge in [0, 0.05) is 16.9 Å². The van der Waals surface area contributed by atoms with Gasteiger partial charge in [-0.15, -0.1) is 0 Å². The van der Waals surface area contributed by atoms with Crippen molar-refractivity contribution in [3.05, 3.63) is 28.5 Å². The average Bonchev–Trinajstić information content (AvgIpc) is 2.13. The van der Waals surface area contributed by atoms with E-state index in [2.05, 4.69) is 32.9 Å². The molecule has 3 N–H and O–H groups in total. The van der Waals surface area contributed by atoms with Crippen molar-refractivity contribution in [3.8, 4) is 0 Å². The minimum absolute atomic E-state index is 0.196. The van der Waals surface area contributed by atoms with Crippen LogP contribution in [0.5, 0.6) is 0 Å². The first-order valence-corrected chi connectivity index (χ1v) is 7.66. The second-order valence-electron chi connectivity index (χ2n) is 3.77. The summed E-state index contributed by atoms with van der Waals surface area (Å²) < 4.78 is 40.2. The Morgan fingerprint density at radius 1 is 1.61 bits per heavy atom. The summed E-state index contributed by atoms with van der Waals surface area (Å²) in [6.45, 7) is 1.60. The van der Waals surface area contributed by atoms with E-state index in [-0.39, 0.29) is 11.4 Å². The predicted molar refractivity (Wildman–Crippen MR) is 75.3 cm³/mol. The van der Waals surface area contributed by atoms with Gasteiger partial charge in [-0.25, -0.2) is 17.5 Å². The van der Waals surface area contributed by atoms with Gasteiger partial charge in [-0.2, -0.15) is 0 Å². The molecule has 0 radical (unpaired) electrons. The first-order chi connectivity index (χ1) is 8.22. The summed E-state index contributed by atoms with van der Waals surface area (Å²) in [7, 11) is -3.91. The smallest absolute Gasteiger partial charge is 0.243 e. The van der Waals surface area contributed by atoms with Gasteiger partial charge in [0.15, 0.2) is 0 Å². The van der Waals surface area contributed by atoms with Gasteiger partial charge >= 0.3 is 0 Å². The Morgan fingerprint density at radius 2 is 2.22 bits per heavy atom. The molecule has 0 fully saturated rings. The summed E-state index contributed by atoms with van der Waals surface area (Å²) in [5.74, 6) is -0.820. The third-order valence-corrected chi connectivity index (χ3v) is 4.33. The van der Waals surface area contributed by atoms with E-state index in [9.17, 15) is 12.8 Å². The number of nitrogens with one attached hydrogen (secondary N) is 1. The van der Waals surface area contributed by atoms with Crippen LogP contribution in [0.15, 0.2) is 27.6 Å². The van der Waals surface area contributed by atoms with E-state index in [1.165, 1.54) is 12.1 Å². The largest absolute Gasteiger partial charge is 0.393 e. The van der Waals surface area contributed by atoms with Crippen LogP contribution in [0.2, 0.25) is 0 Å². The molecule has 0 heterocycles. The highest BCUT2D eigenvalue weighted by molar-refractivity contribution is 9.10. The standard InChI is InChI=1S/C10H12BrFN2O2S2/c1-6(4-10(13)17)14-18(15,16)9-3-2-7(11)5-8(9)12/h2-3,5-6,14H,4H2,1H3,(H2,13,17). The number of rotatable bonds is 5. The van der Waals surface area contributed by atoms with E-state index in [4.69, 9.17) is 5.73 Å². The van der Waals surface area contributed by atoms with Gasteiger partial charge in [-0.3, -0.25) is 0 Å². The van der Waals surface area contributed by atoms with Crippen LogP contribution in [0.3, 0.4) is 0 Å². The third kappa shape index (κ3) is 4.27. The number of halogens is 2. The van der Waals surface area contributed by atoms with Gasteiger partial charge in [-0.1, -0.05) is 28.1 Å². The summed E-state index contributed by atoms with van der Waals surface area (Å²) in [5.41, 5.74) is 5.32. The molecule has 0 saturated heterocycles. The van der Waals surface area contributed by atoms with Crippen molar-refractivity contribution in [2.24, 2.45) is 5.73 Å². The van der Waals surface area contributed by atoms with E-state index in [0.717, 1.165) is 6.07 Å². The topological polar surface area (TPSA) is 72.2 Å². The number of benzene rings is 1. The molecule has 4 nitrogen and oxygen atoms in total. The first kappa shape index (κ1) is 15.5. The molecule has 1 rings (SSSR count). The summed E-state index contributed by atoms with van der Waals surface area (Å²) >= 11 is 7.74. The van der Waals surface area contributed by atoms with Crippen molar-refractivity contribution >= 4 is 43.2 Å². The number of nitrogens with two attached hydrogens (primary N) is 1. The molecule has 0 aliphatic carbocycles. The summed E-state index contributed by atoms with van der Waals surface area (Å²) in [5, 5.41) is 0. The van der Waals surface area contributed by atoms with E-state index < -0.39 is 26.8 Å². The fraction of sp³-hybridized carbons (Fsp3) is 0.300. The molecule has 1 aromatic rings. The maximum atomic E-state index is 13.6. The zero-order valence-corrected chi connectivity index (χ0v) is 12.7. The van der Waals surface area contributed by atoms with Crippen LogP contribution in [-0.4, -0.2) is 19.4 Å². The summed E-state index contributed by atoms with van der Waals surface area (Å²) in [6.07, 6.45) is 0.215. The number of thiocarbonyl (C=S) groups is 1. The Morgan fingerprint density at radius 3 is 2.72 bits per heavy atom. The second kappa shape index (κ2) is 6.05. The van der Waals surface area contributed by atoms with Crippen molar-refractivity contribution in [2.45, 2.75) is 24.3 Å². The fourth-order valence-electron chi connectivity index (χ4n) is 1.36. The lowest BCUT2D eigenvalue weighted by Crippen LogP contribution is -2.35. The van der Waals surface area contributed by atoms with Crippen molar-refractivity contribution in [1.82, 2.24) is 4.72 Å². The van der Waals surface area contributed by atoms with Gasteiger partial charge in [-0.05, 0) is 25.1 Å². The zero-order chi connectivity index (χ0) is 13.9. The van der Waals surface area contributed by atoms with Crippen molar-refractivity contribution in [2.75, 3.05) is 0 Å². The summed E-state index contributed by atoms with van der Waals surface area (Å²) in [4.78, 5) is -0.207. The van der Waals surface area contributed by atoms with Gasteiger partial charge in [0.05, 0.1) is 4.99 Å². The minimum atomic E-state index is -3.91. The molecule has 0 aliphatic rings. The normalized spacial score (nSPS) is 13.3. The third-order valence-electron chi connectivity index (χ3n) is 2.05. The maximum Gasteiger partial charge on any atom is 0.243 e. The maximum absolute atomic E-state index is 13.6. The van der Waals surface area contributed by atoms with Gasteiger partial charge in [0.25, 0.3) is 0 Å². The van der Waals surface area contributed by atoms with Crippen LogP contribution in [0.25, 0.3) is 0 Å².